The maximum absolute atomic E-state index is 5.19. The van der Waals surface area contributed by atoms with Crippen LogP contribution in [0.2, 0.25) is 0 Å². The molecule has 3 nitrogen and oxygen atoms in total. The minimum absolute atomic E-state index is 0.600. The normalized spacial score (nSPS) is 19.7. The quantitative estimate of drug-likeness (QED) is 0.828. The number of hydrogen-bond donors (Lipinski definition) is 1. The van der Waals surface area contributed by atoms with Crippen LogP contribution >= 0.6 is 0 Å². The average Bonchev–Trinajstić information content (AvgIpc) is 2.91. The van der Waals surface area contributed by atoms with Crippen molar-refractivity contribution >= 4 is 0 Å². The second-order valence-electron chi connectivity index (χ2n) is 6.12. The molecule has 0 radical (unpaired) electrons. The standard InChI is InChI=1S/C17H28N2O/c1-14(2)18-12-16-9-11-19(13-16)10-8-15-4-6-17(20-3)7-5-15/h4-7,14,16,18H,8-13H2,1-3H3. The molecule has 2 rings (SSSR count). The third kappa shape index (κ3) is 4.80. The number of ether oxygens (including phenoxy) is 1. The molecule has 112 valence electrons. The van der Waals surface area contributed by atoms with Crippen molar-refractivity contribution in [2.24, 2.45) is 5.92 Å². The van der Waals surface area contributed by atoms with Gasteiger partial charge in [0.05, 0.1) is 7.11 Å². The van der Waals surface area contributed by atoms with Gasteiger partial charge in [0.25, 0.3) is 0 Å². The Morgan fingerprint density at radius 2 is 2.05 bits per heavy atom. The maximum atomic E-state index is 5.19. The van der Waals surface area contributed by atoms with Gasteiger partial charge in [0.15, 0.2) is 0 Å². The molecule has 1 aliphatic rings. The van der Waals surface area contributed by atoms with Crippen molar-refractivity contribution in [2.75, 3.05) is 33.3 Å². The summed E-state index contributed by atoms with van der Waals surface area (Å²) in [6, 6.07) is 9.05. The summed E-state index contributed by atoms with van der Waals surface area (Å²) < 4.78 is 5.19. The first kappa shape index (κ1) is 15.3. The number of benzene rings is 1. The van der Waals surface area contributed by atoms with Gasteiger partial charge in [0.2, 0.25) is 0 Å². The van der Waals surface area contributed by atoms with E-state index in [-0.39, 0.29) is 0 Å². The number of nitrogens with one attached hydrogen (secondary N) is 1. The largest absolute Gasteiger partial charge is 0.497 e. The van der Waals surface area contributed by atoms with Crippen molar-refractivity contribution in [2.45, 2.75) is 32.7 Å². The minimum atomic E-state index is 0.600. The van der Waals surface area contributed by atoms with E-state index < -0.39 is 0 Å². The van der Waals surface area contributed by atoms with E-state index in [0.29, 0.717) is 6.04 Å². The van der Waals surface area contributed by atoms with Gasteiger partial charge in [-0.2, -0.15) is 0 Å². The molecule has 1 aromatic rings. The highest BCUT2D eigenvalue weighted by Gasteiger charge is 2.21. The fourth-order valence-electron chi connectivity index (χ4n) is 2.76. The summed E-state index contributed by atoms with van der Waals surface area (Å²) in [6.45, 7) is 9.27. The number of nitrogens with zero attached hydrogens (tertiary/aromatic N) is 1. The lowest BCUT2D eigenvalue weighted by Crippen LogP contribution is -2.31. The van der Waals surface area contributed by atoms with E-state index in [1.54, 1.807) is 7.11 Å². The van der Waals surface area contributed by atoms with Crippen molar-refractivity contribution in [1.29, 1.82) is 0 Å². The van der Waals surface area contributed by atoms with Gasteiger partial charge in [-0.3, -0.25) is 0 Å². The van der Waals surface area contributed by atoms with E-state index in [1.165, 1.54) is 31.6 Å². The Bertz CT molecular complexity index is 388. The van der Waals surface area contributed by atoms with Crippen molar-refractivity contribution in [3.8, 4) is 5.75 Å². The Kier molecular flexibility index (Phi) is 5.86. The van der Waals surface area contributed by atoms with Crippen LogP contribution in [0.5, 0.6) is 5.75 Å². The molecular weight excluding hydrogens is 248 g/mol. The predicted octanol–water partition coefficient (Wildman–Crippen LogP) is 2.56. The summed E-state index contributed by atoms with van der Waals surface area (Å²) in [7, 11) is 1.71. The van der Waals surface area contributed by atoms with Crippen LogP contribution in [0, 0.1) is 5.92 Å². The van der Waals surface area contributed by atoms with Crippen molar-refractivity contribution in [3.05, 3.63) is 29.8 Å². The molecular formula is C17H28N2O. The zero-order valence-corrected chi connectivity index (χ0v) is 13.1. The monoisotopic (exact) mass is 276 g/mol. The maximum Gasteiger partial charge on any atom is 0.118 e. The molecule has 0 amide bonds. The fourth-order valence-corrected chi connectivity index (χ4v) is 2.76. The molecule has 1 aromatic carbocycles. The highest BCUT2D eigenvalue weighted by atomic mass is 16.5. The molecule has 20 heavy (non-hydrogen) atoms. The molecule has 0 spiro atoms. The highest BCUT2D eigenvalue weighted by molar-refractivity contribution is 5.27. The molecule has 0 saturated carbocycles. The van der Waals surface area contributed by atoms with Gasteiger partial charge in [-0.25, -0.2) is 0 Å². The van der Waals surface area contributed by atoms with E-state index in [1.807, 2.05) is 0 Å². The first-order chi connectivity index (χ1) is 9.67. The summed E-state index contributed by atoms with van der Waals surface area (Å²) in [5.74, 6) is 1.77. The Labute approximate surface area is 123 Å². The van der Waals surface area contributed by atoms with Crippen LogP contribution < -0.4 is 10.1 Å². The number of hydrogen-bond acceptors (Lipinski definition) is 3. The molecule has 3 heteroatoms. The van der Waals surface area contributed by atoms with Crippen LogP contribution in [0.15, 0.2) is 24.3 Å². The lowest BCUT2D eigenvalue weighted by molar-refractivity contribution is 0.324. The van der Waals surface area contributed by atoms with Gasteiger partial charge in [-0.15, -0.1) is 0 Å². The summed E-state index contributed by atoms with van der Waals surface area (Å²) in [5, 5.41) is 3.55. The Morgan fingerprint density at radius 1 is 1.30 bits per heavy atom. The van der Waals surface area contributed by atoms with E-state index >= 15 is 0 Å². The van der Waals surface area contributed by atoms with Crippen LogP contribution in [0.25, 0.3) is 0 Å². The third-order valence-electron chi connectivity index (χ3n) is 4.06. The van der Waals surface area contributed by atoms with E-state index in [9.17, 15) is 0 Å². The van der Waals surface area contributed by atoms with Crippen LogP contribution in [-0.2, 0) is 6.42 Å². The summed E-state index contributed by atoms with van der Waals surface area (Å²) >= 11 is 0. The van der Waals surface area contributed by atoms with Gasteiger partial charge >= 0.3 is 0 Å². The summed E-state index contributed by atoms with van der Waals surface area (Å²) in [6.07, 6.45) is 2.47. The topological polar surface area (TPSA) is 24.5 Å². The number of likely N-dealkylation sites (tertiary alicyclic amines) is 1. The smallest absolute Gasteiger partial charge is 0.118 e. The first-order valence-electron chi connectivity index (χ1n) is 7.76. The minimum Gasteiger partial charge on any atom is -0.497 e. The van der Waals surface area contributed by atoms with Gasteiger partial charge in [0, 0.05) is 19.1 Å². The molecule has 1 heterocycles. The molecule has 1 aliphatic heterocycles. The van der Waals surface area contributed by atoms with Crippen molar-refractivity contribution in [1.82, 2.24) is 10.2 Å². The summed E-state index contributed by atoms with van der Waals surface area (Å²) in [4.78, 5) is 2.59. The van der Waals surface area contributed by atoms with Crippen LogP contribution in [-0.4, -0.2) is 44.2 Å². The van der Waals surface area contributed by atoms with Gasteiger partial charge in [0.1, 0.15) is 5.75 Å². The Balaban J connectivity index is 1.69. The second-order valence-corrected chi connectivity index (χ2v) is 6.12. The Morgan fingerprint density at radius 3 is 2.70 bits per heavy atom. The molecule has 1 fully saturated rings. The number of methoxy groups -OCH3 is 1. The Hall–Kier alpha value is -1.06. The second kappa shape index (κ2) is 7.65. The molecule has 0 aromatic heterocycles. The van der Waals surface area contributed by atoms with Gasteiger partial charge in [-0.1, -0.05) is 26.0 Å². The zero-order valence-electron chi connectivity index (χ0n) is 13.1. The van der Waals surface area contributed by atoms with Crippen LogP contribution in [0.1, 0.15) is 25.8 Å². The van der Waals surface area contributed by atoms with E-state index in [0.717, 1.165) is 24.6 Å². The SMILES string of the molecule is COc1ccc(CCN2CCC(CNC(C)C)C2)cc1. The van der Waals surface area contributed by atoms with Crippen molar-refractivity contribution in [3.63, 3.8) is 0 Å². The lowest BCUT2D eigenvalue weighted by atomic mass is 10.1. The predicted molar refractivity (Wildman–Crippen MR) is 84.4 cm³/mol. The first-order valence-corrected chi connectivity index (χ1v) is 7.76. The van der Waals surface area contributed by atoms with Crippen LogP contribution in [0.4, 0.5) is 0 Å². The molecule has 0 aliphatic carbocycles. The van der Waals surface area contributed by atoms with Gasteiger partial charge < -0.3 is 15.0 Å². The highest BCUT2D eigenvalue weighted by Crippen LogP contribution is 2.17. The van der Waals surface area contributed by atoms with E-state index in [4.69, 9.17) is 4.74 Å². The fraction of sp³-hybridized carbons (Fsp3) is 0.647. The molecule has 0 bridgehead atoms. The summed E-state index contributed by atoms with van der Waals surface area (Å²) in [5.41, 5.74) is 1.40. The zero-order chi connectivity index (χ0) is 14.4. The third-order valence-corrected chi connectivity index (χ3v) is 4.06. The molecule has 1 unspecified atom stereocenters. The average molecular weight is 276 g/mol. The lowest BCUT2D eigenvalue weighted by Gasteiger charge is -2.17. The van der Waals surface area contributed by atoms with Crippen molar-refractivity contribution < 1.29 is 4.74 Å². The number of rotatable bonds is 7. The van der Waals surface area contributed by atoms with Gasteiger partial charge in [-0.05, 0) is 49.5 Å². The van der Waals surface area contributed by atoms with Crippen LogP contribution in [0.3, 0.4) is 0 Å². The van der Waals surface area contributed by atoms with E-state index in [2.05, 4.69) is 48.3 Å². The molecule has 1 atom stereocenters. The molecule has 1 N–H and O–H groups in total. The molecule has 1 saturated heterocycles.